The van der Waals surface area contributed by atoms with E-state index in [0.717, 1.165) is 17.9 Å². The third-order valence-corrected chi connectivity index (χ3v) is 4.07. The lowest BCUT2D eigenvalue weighted by Crippen LogP contribution is -2.09. The molecule has 0 saturated heterocycles. The topological polar surface area (TPSA) is 17.1 Å². The van der Waals surface area contributed by atoms with E-state index in [0.29, 0.717) is 12.2 Å². The number of rotatable bonds is 7. The molecule has 1 saturated carbocycles. The van der Waals surface area contributed by atoms with Crippen molar-refractivity contribution >= 4 is 5.78 Å². The van der Waals surface area contributed by atoms with Crippen molar-refractivity contribution in [2.75, 3.05) is 0 Å². The number of Topliss-reactive ketones (excluding diaryl/α,β-unsaturated/α-hetero) is 1. The fraction of sp³-hybridized carbons (Fsp3) is 0.588. The Hall–Kier alpha value is -1.11. The lowest BCUT2D eigenvalue weighted by molar-refractivity contribution is 0.0979. The van der Waals surface area contributed by atoms with Gasteiger partial charge in [0.25, 0.3) is 0 Å². The van der Waals surface area contributed by atoms with Gasteiger partial charge in [0.2, 0.25) is 0 Å². The quantitative estimate of drug-likeness (QED) is 0.481. The lowest BCUT2D eigenvalue weighted by atomic mass is 9.80. The number of hydrogen-bond donors (Lipinski definition) is 0. The molecule has 18 heavy (non-hydrogen) atoms. The van der Waals surface area contributed by atoms with E-state index in [2.05, 4.69) is 19.1 Å². The second kappa shape index (κ2) is 6.72. The van der Waals surface area contributed by atoms with E-state index in [1.807, 2.05) is 12.1 Å². The fourth-order valence-corrected chi connectivity index (χ4v) is 2.54. The number of unbranched alkanes of at least 4 members (excludes halogenated alkanes) is 3. The van der Waals surface area contributed by atoms with Gasteiger partial charge < -0.3 is 0 Å². The molecule has 0 N–H and O–H groups in total. The Morgan fingerprint density at radius 2 is 1.83 bits per heavy atom. The van der Waals surface area contributed by atoms with E-state index in [1.165, 1.54) is 44.1 Å². The molecule has 0 radical (unpaired) electrons. The third kappa shape index (κ3) is 3.44. The van der Waals surface area contributed by atoms with Gasteiger partial charge >= 0.3 is 0 Å². The van der Waals surface area contributed by atoms with Crippen LogP contribution in [0.3, 0.4) is 0 Å². The SMILES string of the molecule is CCCCCCC(=O)c1ccc(C2CCC2)cc1. The van der Waals surface area contributed by atoms with Gasteiger partial charge in [0.05, 0.1) is 0 Å². The second-order valence-electron chi connectivity index (χ2n) is 5.48. The van der Waals surface area contributed by atoms with Gasteiger partial charge in [0.1, 0.15) is 0 Å². The molecular weight excluding hydrogens is 220 g/mol. The van der Waals surface area contributed by atoms with Crippen LogP contribution in [0.5, 0.6) is 0 Å². The van der Waals surface area contributed by atoms with Crippen LogP contribution in [-0.2, 0) is 0 Å². The molecule has 1 aliphatic carbocycles. The summed E-state index contributed by atoms with van der Waals surface area (Å²) in [5, 5.41) is 0. The molecule has 1 nitrogen and oxygen atoms in total. The van der Waals surface area contributed by atoms with Crippen molar-refractivity contribution in [2.45, 2.75) is 64.2 Å². The molecule has 0 atom stereocenters. The molecule has 1 aliphatic rings. The second-order valence-corrected chi connectivity index (χ2v) is 5.48. The fourth-order valence-electron chi connectivity index (χ4n) is 2.54. The van der Waals surface area contributed by atoms with Crippen LogP contribution >= 0.6 is 0 Å². The lowest BCUT2D eigenvalue weighted by Gasteiger charge is -2.25. The van der Waals surface area contributed by atoms with Crippen LogP contribution in [0, 0.1) is 0 Å². The van der Waals surface area contributed by atoms with E-state index in [4.69, 9.17) is 0 Å². The molecular formula is C17H24O. The monoisotopic (exact) mass is 244 g/mol. The maximum absolute atomic E-state index is 12.0. The molecule has 1 aromatic carbocycles. The maximum Gasteiger partial charge on any atom is 0.162 e. The minimum atomic E-state index is 0.311. The summed E-state index contributed by atoms with van der Waals surface area (Å²) in [7, 11) is 0. The predicted molar refractivity (Wildman–Crippen MR) is 76.1 cm³/mol. The summed E-state index contributed by atoms with van der Waals surface area (Å²) in [5.74, 6) is 1.07. The first-order valence-corrected chi connectivity index (χ1v) is 7.44. The first kappa shape index (κ1) is 13.3. The van der Waals surface area contributed by atoms with Gasteiger partial charge in [-0.05, 0) is 30.7 Å². The van der Waals surface area contributed by atoms with Crippen LogP contribution in [-0.4, -0.2) is 5.78 Å². The van der Waals surface area contributed by atoms with E-state index < -0.39 is 0 Å². The summed E-state index contributed by atoms with van der Waals surface area (Å²) in [4.78, 5) is 12.0. The van der Waals surface area contributed by atoms with Gasteiger partial charge in [0.15, 0.2) is 5.78 Å². The van der Waals surface area contributed by atoms with Crippen LogP contribution in [0.15, 0.2) is 24.3 Å². The Labute approximate surface area is 111 Å². The zero-order chi connectivity index (χ0) is 12.8. The molecule has 0 spiro atoms. The Morgan fingerprint density at radius 3 is 2.39 bits per heavy atom. The Bertz CT molecular complexity index is 373. The minimum Gasteiger partial charge on any atom is -0.294 e. The summed E-state index contributed by atoms with van der Waals surface area (Å²) in [5.41, 5.74) is 2.32. The molecule has 0 aliphatic heterocycles. The summed E-state index contributed by atoms with van der Waals surface area (Å²) < 4.78 is 0. The standard InChI is InChI=1S/C17H24O/c1-2-3-4-5-9-17(18)16-12-10-15(11-13-16)14-7-6-8-14/h10-14H,2-9H2,1H3. The van der Waals surface area contributed by atoms with Crippen LogP contribution < -0.4 is 0 Å². The van der Waals surface area contributed by atoms with Gasteiger partial charge in [-0.2, -0.15) is 0 Å². The molecule has 1 fully saturated rings. The van der Waals surface area contributed by atoms with Crippen molar-refractivity contribution in [2.24, 2.45) is 0 Å². The van der Waals surface area contributed by atoms with Crippen LogP contribution in [0.2, 0.25) is 0 Å². The third-order valence-electron chi connectivity index (χ3n) is 4.07. The van der Waals surface area contributed by atoms with Gasteiger partial charge in [-0.1, -0.05) is 56.9 Å². The molecule has 0 bridgehead atoms. The molecule has 0 amide bonds. The van der Waals surface area contributed by atoms with Crippen molar-refractivity contribution in [3.05, 3.63) is 35.4 Å². The summed E-state index contributed by atoms with van der Waals surface area (Å²) in [6.07, 6.45) is 9.41. The van der Waals surface area contributed by atoms with E-state index in [-0.39, 0.29) is 0 Å². The highest BCUT2D eigenvalue weighted by Gasteiger charge is 2.19. The molecule has 0 aromatic heterocycles. The van der Waals surface area contributed by atoms with E-state index in [1.54, 1.807) is 0 Å². The van der Waals surface area contributed by atoms with Crippen molar-refractivity contribution in [1.29, 1.82) is 0 Å². The number of carbonyl (C=O) groups excluding carboxylic acids is 1. The highest BCUT2D eigenvalue weighted by molar-refractivity contribution is 5.96. The number of ketones is 1. The van der Waals surface area contributed by atoms with E-state index >= 15 is 0 Å². The Morgan fingerprint density at radius 1 is 1.11 bits per heavy atom. The zero-order valence-corrected chi connectivity index (χ0v) is 11.5. The highest BCUT2D eigenvalue weighted by atomic mass is 16.1. The van der Waals surface area contributed by atoms with E-state index in [9.17, 15) is 4.79 Å². The summed E-state index contributed by atoms with van der Waals surface area (Å²) in [6.45, 7) is 2.20. The number of carbonyl (C=O) groups is 1. The Kier molecular flexibility index (Phi) is 4.98. The van der Waals surface area contributed by atoms with Crippen molar-refractivity contribution < 1.29 is 4.79 Å². The average molecular weight is 244 g/mol. The predicted octanol–water partition coefficient (Wildman–Crippen LogP) is 5.11. The van der Waals surface area contributed by atoms with Crippen molar-refractivity contribution in [1.82, 2.24) is 0 Å². The number of benzene rings is 1. The highest BCUT2D eigenvalue weighted by Crippen LogP contribution is 2.36. The van der Waals surface area contributed by atoms with Crippen molar-refractivity contribution in [3.8, 4) is 0 Å². The van der Waals surface area contributed by atoms with Gasteiger partial charge in [-0.15, -0.1) is 0 Å². The molecule has 98 valence electrons. The van der Waals surface area contributed by atoms with Gasteiger partial charge in [0, 0.05) is 12.0 Å². The minimum absolute atomic E-state index is 0.311. The molecule has 1 aromatic rings. The normalized spacial score (nSPS) is 15.4. The smallest absolute Gasteiger partial charge is 0.162 e. The van der Waals surface area contributed by atoms with Crippen molar-refractivity contribution in [3.63, 3.8) is 0 Å². The largest absolute Gasteiger partial charge is 0.294 e. The average Bonchev–Trinajstić information content (AvgIpc) is 2.33. The van der Waals surface area contributed by atoms with Gasteiger partial charge in [-0.3, -0.25) is 4.79 Å². The maximum atomic E-state index is 12.0. The summed E-state index contributed by atoms with van der Waals surface area (Å²) >= 11 is 0. The van der Waals surface area contributed by atoms with Gasteiger partial charge in [-0.25, -0.2) is 0 Å². The van der Waals surface area contributed by atoms with Crippen LogP contribution in [0.25, 0.3) is 0 Å². The molecule has 0 heterocycles. The molecule has 2 rings (SSSR count). The Balaban J connectivity index is 1.82. The van der Waals surface area contributed by atoms with Crippen LogP contribution in [0.4, 0.5) is 0 Å². The first-order valence-electron chi connectivity index (χ1n) is 7.44. The zero-order valence-electron chi connectivity index (χ0n) is 11.5. The first-order chi connectivity index (χ1) is 8.81. The van der Waals surface area contributed by atoms with Crippen LogP contribution in [0.1, 0.15) is 80.1 Å². The molecule has 0 unspecified atom stereocenters. The number of hydrogen-bond acceptors (Lipinski definition) is 1. The molecule has 1 heteroatoms. The summed E-state index contributed by atoms with van der Waals surface area (Å²) in [6, 6.07) is 8.36.